The second-order valence-electron chi connectivity index (χ2n) is 5.44. The van der Waals surface area contributed by atoms with Gasteiger partial charge in [0, 0.05) is 20.3 Å². The largest absolute Gasteiger partial charge is 0.497 e. The quantitative estimate of drug-likeness (QED) is 0.664. The van der Waals surface area contributed by atoms with Gasteiger partial charge < -0.3 is 14.8 Å². The van der Waals surface area contributed by atoms with Crippen LogP contribution in [0.3, 0.4) is 0 Å². The fourth-order valence-electron chi connectivity index (χ4n) is 2.25. The molecule has 0 atom stereocenters. The monoisotopic (exact) mass is 365 g/mol. The molecule has 8 heteroatoms. The molecule has 0 aliphatic rings. The first-order valence-electron chi connectivity index (χ1n) is 7.82. The number of sulfonamides is 1. The van der Waals surface area contributed by atoms with Gasteiger partial charge in [0.25, 0.3) is 10.0 Å². The Morgan fingerprint density at radius 3 is 2.56 bits per heavy atom. The highest BCUT2D eigenvalue weighted by molar-refractivity contribution is 7.92. The van der Waals surface area contributed by atoms with Gasteiger partial charge in [0.1, 0.15) is 11.6 Å². The van der Waals surface area contributed by atoms with E-state index in [1.165, 1.54) is 19.4 Å². The molecule has 7 nitrogen and oxygen atoms in total. The molecule has 2 rings (SSSR count). The van der Waals surface area contributed by atoms with Crippen molar-refractivity contribution in [3.63, 3.8) is 0 Å². The number of pyridine rings is 1. The predicted molar refractivity (Wildman–Crippen MR) is 97.8 cm³/mol. The van der Waals surface area contributed by atoms with Crippen LogP contribution in [0.25, 0.3) is 0 Å². The average molecular weight is 365 g/mol. The lowest BCUT2D eigenvalue weighted by atomic mass is 10.2. The number of aryl methyl sites for hydroxylation is 1. The molecule has 0 aliphatic heterocycles. The van der Waals surface area contributed by atoms with Gasteiger partial charge in [-0.15, -0.1) is 0 Å². The van der Waals surface area contributed by atoms with E-state index >= 15 is 0 Å². The highest BCUT2D eigenvalue weighted by Gasteiger charge is 2.17. The van der Waals surface area contributed by atoms with E-state index in [0.29, 0.717) is 29.4 Å². The number of anilines is 2. The van der Waals surface area contributed by atoms with E-state index in [1.54, 1.807) is 38.3 Å². The normalized spacial score (nSPS) is 11.2. The molecular formula is C17H23N3O4S. The molecule has 1 heterocycles. The van der Waals surface area contributed by atoms with Gasteiger partial charge in [-0.2, -0.15) is 0 Å². The van der Waals surface area contributed by atoms with E-state index in [4.69, 9.17) is 9.47 Å². The Hall–Kier alpha value is -2.32. The van der Waals surface area contributed by atoms with E-state index in [0.717, 1.165) is 13.0 Å². The molecule has 2 N–H and O–H groups in total. The summed E-state index contributed by atoms with van der Waals surface area (Å²) in [5.74, 6) is 1.29. The molecule has 0 amide bonds. The maximum Gasteiger partial charge on any atom is 0.262 e. The highest BCUT2D eigenvalue weighted by atomic mass is 32.2. The lowest BCUT2D eigenvalue weighted by Crippen LogP contribution is -2.14. The van der Waals surface area contributed by atoms with E-state index in [9.17, 15) is 8.42 Å². The molecule has 0 radical (unpaired) electrons. The van der Waals surface area contributed by atoms with Crippen molar-refractivity contribution < 1.29 is 17.9 Å². The summed E-state index contributed by atoms with van der Waals surface area (Å²) >= 11 is 0. The number of aromatic nitrogens is 1. The Balaban J connectivity index is 2.05. The number of benzene rings is 1. The number of methoxy groups -OCH3 is 2. The fourth-order valence-corrected chi connectivity index (χ4v) is 3.52. The molecule has 0 saturated heterocycles. The summed E-state index contributed by atoms with van der Waals surface area (Å²) in [4.78, 5) is 4.41. The third-order valence-electron chi connectivity index (χ3n) is 3.52. The lowest BCUT2D eigenvalue weighted by Gasteiger charge is -2.12. The fraction of sp³-hybridized carbons (Fsp3) is 0.353. The van der Waals surface area contributed by atoms with E-state index < -0.39 is 10.0 Å². The van der Waals surface area contributed by atoms with Crippen molar-refractivity contribution in [2.45, 2.75) is 18.2 Å². The van der Waals surface area contributed by atoms with E-state index in [1.807, 2.05) is 0 Å². The summed E-state index contributed by atoms with van der Waals surface area (Å²) < 4.78 is 37.7. The number of hydrogen-bond acceptors (Lipinski definition) is 6. The summed E-state index contributed by atoms with van der Waals surface area (Å²) in [5.41, 5.74) is 1.01. The van der Waals surface area contributed by atoms with Crippen molar-refractivity contribution >= 4 is 21.5 Å². The molecular weight excluding hydrogens is 342 g/mol. The van der Waals surface area contributed by atoms with Gasteiger partial charge in [-0.1, -0.05) is 0 Å². The molecule has 0 fully saturated rings. The smallest absolute Gasteiger partial charge is 0.262 e. The molecule has 25 heavy (non-hydrogen) atoms. The minimum Gasteiger partial charge on any atom is -0.497 e. The molecule has 0 bridgehead atoms. The summed E-state index contributed by atoms with van der Waals surface area (Å²) in [6.07, 6.45) is 2.35. The minimum atomic E-state index is -3.69. The number of ether oxygens (including phenoxy) is 2. The Morgan fingerprint density at radius 2 is 1.96 bits per heavy atom. The van der Waals surface area contributed by atoms with Crippen molar-refractivity contribution in [2.24, 2.45) is 0 Å². The van der Waals surface area contributed by atoms with Gasteiger partial charge in [-0.05, 0) is 49.2 Å². The number of rotatable bonds is 9. The zero-order valence-corrected chi connectivity index (χ0v) is 15.4. The van der Waals surface area contributed by atoms with Gasteiger partial charge in [0.15, 0.2) is 0 Å². The number of hydrogen-bond donors (Lipinski definition) is 2. The Kier molecular flexibility index (Phi) is 6.60. The van der Waals surface area contributed by atoms with Crippen LogP contribution >= 0.6 is 0 Å². The van der Waals surface area contributed by atoms with Crippen LogP contribution in [0.2, 0.25) is 0 Å². The number of nitrogens with zero attached hydrogens (tertiary/aromatic N) is 1. The molecule has 1 aromatic carbocycles. The van der Waals surface area contributed by atoms with Crippen molar-refractivity contribution in [3.8, 4) is 5.75 Å². The van der Waals surface area contributed by atoms with Crippen LogP contribution in [-0.2, 0) is 14.8 Å². The summed E-state index contributed by atoms with van der Waals surface area (Å²) in [5, 5.41) is 3.14. The van der Waals surface area contributed by atoms with Gasteiger partial charge in [-0.25, -0.2) is 13.4 Å². The maximum atomic E-state index is 12.5. The average Bonchev–Trinajstić information content (AvgIpc) is 2.59. The van der Waals surface area contributed by atoms with Gasteiger partial charge in [-0.3, -0.25) is 4.72 Å². The van der Waals surface area contributed by atoms with Crippen LogP contribution in [0, 0.1) is 6.92 Å². The lowest BCUT2D eigenvalue weighted by molar-refractivity contribution is 0.198. The second-order valence-corrected chi connectivity index (χ2v) is 7.09. The molecule has 0 aliphatic carbocycles. The maximum absolute atomic E-state index is 12.5. The van der Waals surface area contributed by atoms with Crippen molar-refractivity contribution in [3.05, 3.63) is 42.1 Å². The van der Waals surface area contributed by atoms with Crippen molar-refractivity contribution in [1.82, 2.24) is 4.98 Å². The molecule has 1 aromatic heterocycles. The van der Waals surface area contributed by atoms with Gasteiger partial charge in [0.2, 0.25) is 0 Å². The third kappa shape index (κ3) is 5.33. The van der Waals surface area contributed by atoms with Crippen molar-refractivity contribution in [2.75, 3.05) is 37.4 Å². The standard InChI is InChI=1S/C17H23N3O4S/c1-13-11-15(24-3)6-7-16(13)25(21,22)20-14-5-8-17(19-12-14)18-9-4-10-23-2/h5-8,11-12,20H,4,9-10H2,1-3H3,(H,18,19). The Labute approximate surface area is 148 Å². The Morgan fingerprint density at radius 1 is 1.16 bits per heavy atom. The van der Waals surface area contributed by atoms with Crippen LogP contribution in [0.5, 0.6) is 5.75 Å². The molecule has 2 aromatic rings. The first-order valence-corrected chi connectivity index (χ1v) is 9.31. The molecule has 0 unspecified atom stereocenters. The molecule has 0 spiro atoms. The third-order valence-corrected chi connectivity index (χ3v) is 5.06. The van der Waals surface area contributed by atoms with Crippen LogP contribution in [0.4, 0.5) is 11.5 Å². The number of nitrogens with one attached hydrogen (secondary N) is 2. The van der Waals surface area contributed by atoms with Gasteiger partial charge >= 0.3 is 0 Å². The van der Waals surface area contributed by atoms with Crippen LogP contribution in [0.1, 0.15) is 12.0 Å². The minimum absolute atomic E-state index is 0.204. The predicted octanol–water partition coefficient (Wildman–Crippen LogP) is 2.65. The summed E-state index contributed by atoms with van der Waals surface area (Å²) in [6.45, 7) is 3.13. The van der Waals surface area contributed by atoms with Crippen LogP contribution in [0.15, 0.2) is 41.4 Å². The van der Waals surface area contributed by atoms with E-state index in [-0.39, 0.29) is 4.90 Å². The zero-order chi connectivity index (χ0) is 18.3. The van der Waals surface area contributed by atoms with Crippen LogP contribution in [-0.4, -0.2) is 40.8 Å². The Bertz CT molecular complexity index is 792. The SMILES string of the molecule is COCCCNc1ccc(NS(=O)(=O)c2ccc(OC)cc2C)cn1. The van der Waals surface area contributed by atoms with Crippen molar-refractivity contribution in [1.29, 1.82) is 0 Å². The zero-order valence-electron chi connectivity index (χ0n) is 14.6. The summed E-state index contributed by atoms with van der Waals surface area (Å²) in [7, 11) is -0.493. The van der Waals surface area contributed by atoms with Crippen LogP contribution < -0.4 is 14.8 Å². The van der Waals surface area contributed by atoms with E-state index in [2.05, 4.69) is 15.0 Å². The second kappa shape index (κ2) is 8.68. The first-order chi connectivity index (χ1) is 12.0. The van der Waals surface area contributed by atoms with Gasteiger partial charge in [0.05, 0.1) is 23.9 Å². The first kappa shape index (κ1) is 19.0. The topological polar surface area (TPSA) is 89.6 Å². The highest BCUT2D eigenvalue weighted by Crippen LogP contribution is 2.23. The molecule has 136 valence electrons. The summed E-state index contributed by atoms with van der Waals surface area (Å²) in [6, 6.07) is 8.22. The molecule has 0 saturated carbocycles.